The first kappa shape index (κ1) is 34.3. The second kappa shape index (κ2) is 13.0. The minimum Gasteiger partial charge on any atom is -0.508 e. The topological polar surface area (TPSA) is 43.7 Å². The number of hydrogen-bond acceptors (Lipinski definition) is 3. The van der Waals surface area contributed by atoms with E-state index in [9.17, 15) is 40.9 Å². The van der Waals surface area contributed by atoms with Crippen LogP contribution in [0.3, 0.4) is 0 Å². The Bertz CT molecular complexity index is 1080. The minimum absolute atomic E-state index is 0.124. The number of phenolic OH excluding ortho intramolecular Hbond substituents is 1. The minimum atomic E-state index is -6.28. The van der Waals surface area contributed by atoms with Crippen molar-refractivity contribution in [2.24, 2.45) is 23.2 Å². The van der Waals surface area contributed by atoms with Gasteiger partial charge in [-0.2, -0.15) is 30.7 Å². The van der Waals surface area contributed by atoms with E-state index in [4.69, 9.17) is 0 Å². The first-order valence-electron chi connectivity index (χ1n) is 15.6. The summed E-state index contributed by atoms with van der Waals surface area (Å²) in [5, 5.41) is 20.9. The maximum Gasteiger partial charge on any atom is 0.459 e. The van der Waals surface area contributed by atoms with Gasteiger partial charge in [-0.05, 0) is 118 Å². The molecule has 4 rings (SSSR count). The van der Waals surface area contributed by atoms with E-state index in [2.05, 4.69) is 0 Å². The van der Waals surface area contributed by atoms with Crippen molar-refractivity contribution in [1.29, 1.82) is 0 Å². The van der Waals surface area contributed by atoms with E-state index in [1.165, 1.54) is 0 Å². The van der Waals surface area contributed by atoms with Crippen molar-refractivity contribution in [2.75, 3.05) is 20.1 Å². The number of aliphatic hydroxyl groups excluding tert-OH is 1. The molecule has 11 heteroatoms. The molecule has 3 aliphatic carbocycles. The van der Waals surface area contributed by atoms with Crippen LogP contribution in [0.15, 0.2) is 18.2 Å². The summed E-state index contributed by atoms with van der Waals surface area (Å²) in [4.78, 5) is 2.00. The lowest BCUT2D eigenvalue weighted by Crippen LogP contribution is -2.51. The van der Waals surface area contributed by atoms with Gasteiger partial charge in [-0.15, -0.1) is 0 Å². The van der Waals surface area contributed by atoms with Crippen molar-refractivity contribution in [2.45, 2.75) is 120 Å². The lowest BCUT2D eigenvalue weighted by Gasteiger charge is -2.54. The molecule has 0 aromatic heterocycles. The highest BCUT2D eigenvalue weighted by atomic mass is 19.4. The van der Waals surface area contributed by atoms with Gasteiger partial charge in [-0.3, -0.25) is 0 Å². The fraction of sp³-hybridized carbons (Fsp3) is 0.812. The number of nitrogens with zero attached hydrogens (tertiary/aromatic N) is 1. The second-order valence-electron chi connectivity index (χ2n) is 13.6. The van der Waals surface area contributed by atoms with Crippen LogP contribution in [0.4, 0.5) is 35.1 Å². The number of phenols is 1. The number of halogens is 8. The van der Waals surface area contributed by atoms with Crippen LogP contribution in [0.1, 0.15) is 94.6 Å². The van der Waals surface area contributed by atoms with Crippen LogP contribution in [-0.2, 0) is 6.42 Å². The number of hydrogen-bond donors (Lipinski definition) is 2. The molecule has 0 bridgehead atoms. The van der Waals surface area contributed by atoms with E-state index in [0.29, 0.717) is 25.8 Å². The summed E-state index contributed by atoms with van der Waals surface area (Å²) in [6.07, 6.45) is -2.88. The zero-order valence-electron chi connectivity index (χ0n) is 25.0. The maximum absolute atomic E-state index is 15.9. The van der Waals surface area contributed by atoms with Crippen molar-refractivity contribution in [3.8, 4) is 5.75 Å². The van der Waals surface area contributed by atoms with E-state index in [-0.39, 0.29) is 35.8 Å². The molecule has 0 heterocycles. The first-order chi connectivity index (χ1) is 20.0. The Kier molecular flexibility index (Phi) is 10.4. The highest BCUT2D eigenvalue weighted by Crippen LogP contribution is 2.63. The van der Waals surface area contributed by atoms with Crippen molar-refractivity contribution in [3.05, 3.63) is 29.3 Å². The first-order valence-corrected chi connectivity index (χ1v) is 15.6. The Morgan fingerprint density at radius 3 is 2.23 bits per heavy atom. The normalized spacial score (nSPS) is 31.2. The van der Waals surface area contributed by atoms with Gasteiger partial charge in [-0.25, -0.2) is 4.39 Å². The predicted molar refractivity (Wildman–Crippen MR) is 148 cm³/mol. The lowest BCUT2D eigenvalue weighted by atomic mass is 9.51. The highest BCUT2D eigenvalue weighted by molar-refractivity contribution is 5.41. The third kappa shape index (κ3) is 6.97. The fourth-order valence-electron chi connectivity index (χ4n) is 8.38. The zero-order chi connectivity index (χ0) is 31.8. The molecular formula is C32H45F8NO2. The summed E-state index contributed by atoms with van der Waals surface area (Å²) < 4.78 is 106. The van der Waals surface area contributed by atoms with Gasteiger partial charge >= 0.3 is 18.0 Å². The smallest absolute Gasteiger partial charge is 0.459 e. The van der Waals surface area contributed by atoms with Gasteiger partial charge in [0.1, 0.15) is 11.9 Å². The van der Waals surface area contributed by atoms with Crippen LogP contribution in [-0.4, -0.2) is 65.5 Å². The maximum atomic E-state index is 15.9. The van der Waals surface area contributed by atoms with Gasteiger partial charge in [0.15, 0.2) is 0 Å². The molecule has 0 amide bonds. The molecule has 2 N–H and O–H groups in total. The van der Waals surface area contributed by atoms with Crippen LogP contribution < -0.4 is 0 Å². The molecule has 3 nitrogen and oxygen atoms in total. The van der Waals surface area contributed by atoms with Crippen LogP contribution >= 0.6 is 0 Å². The van der Waals surface area contributed by atoms with Crippen LogP contribution in [0.25, 0.3) is 0 Å². The average molecular weight is 628 g/mol. The highest BCUT2D eigenvalue weighted by Gasteiger charge is 2.72. The Labute approximate surface area is 249 Å². The van der Waals surface area contributed by atoms with Gasteiger partial charge in [0.05, 0.1) is 6.10 Å². The summed E-state index contributed by atoms with van der Waals surface area (Å²) >= 11 is 0. The molecule has 0 unspecified atom stereocenters. The molecule has 43 heavy (non-hydrogen) atoms. The van der Waals surface area contributed by atoms with E-state index >= 15 is 4.39 Å². The predicted octanol–water partition coefficient (Wildman–Crippen LogP) is 8.67. The molecule has 2 saturated carbocycles. The third-order valence-electron chi connectivity index (χ3n) is 10.7. The molecule has 1 aromatic carbocycles. The molecule has 3 aliphatic rings. The summed E-state index contributed by atoms with van der Waals surface area (Å²) in [5.74, 6) is -10.6. The van der Waals surface area contributed by atoms with Crippen molar-refractivity contribution in [3.63, 3.8) is 0 Å². The number of benzene rings is 1. The standard InChI is InChI=1S/C32H45F8NO2/c1-29-19-25(33)28-23-11-10-22(42)18-21(23)17-20(27(28)24(29)12-13-26(29)43)9-5-3-7-15-41(2)16-8-4-6-14-30(34,35)31(36,37)32(38,39)40/h10-11,18,20,24-28,42-43H,3-9,12-17,19H2,1-2H3/t20-,24+,25+,26+,27+,28+,29+/m1/s1. The molecule has 246 valence electrons. The molecule has 1 aromatic rings. The van der Waals surface area contributed by atoms with Crippen molar-refractivity contribution in [1.82, 2.24) is 4.90 Å². The molecule has 2 fully saturated rings. The Morgan fingerprint density at radius 1 is 0.930 bits per heavy atom. The van der Waals surface area contributed by atoms with Crippen molar-refractivity contribution < 1.29 is 45.3 Å². The molecule has 0 saturated heterocycles. The quantitative estimate of drug-likeness (QED) is 0.170. The fourth-order valence-corrected chi connectivity index (χ4v) is 8.38. The Hall–Kier alpha value is -1.62. The monoisotopic (exact) mass is 627 g/mol. The van der Waals surface area contributed by atoms with Crippen LogP contribution in [0, 0.1) is 23.2 Å². The molecule has 0 radical (unpaired) electrons. The van der Waals surface area contributed by atoms with Gasteiger partial charge < -0.3 is 15.1 Å². The molecule has 0 spiro atoms. The third-order valence-corrected chi connectivity index (χ3v) is 10.7. The van der Waals surface area contributed by atoms with Gasteiger partial charge in [0.2, 0.25) is 0 Å². The molecular weight excluding hydrogens is 582 g/mol. The zero-order valence-corrected chi connectivity index (χ0v) is 25.0. The van der Waals surface area contributed by atoms with Crippen LogP contribution in [0.5, 0.6) is 5.75 Å². The van der Waals surface area contributed by atoms with Gasteiger partial charge in [0.25, 0.3) is 0 Å². The van der Waals surface area contributed by atoms with Gasteiger partial charge in [0, 0.05) is 12.3 Å². The number of aromatic hydroxyl groups is 1. The number of unbranched alkanes of at least 4 members (excludes halogenated alkanes) is 4. The number of fused-ring (bicyclic) bond motifs is 5. The van der Waals surface area contributed by atoms with Crippen LogP contribution in [0.2, 0.25) is 0 Å². The number of rotatable bonds is 13. The SMILES string of the molecule is CN(CCCCC[C@@H]1Cc2cc(O)ccc2[C@@H]2[C@@H]1[C@@H]1CC[C@H](O)[C@@]1(C)C[C@@H]2F)CCCCCC(F)(F)C(F)(F)C(F)(F)F. The van der Waals surface area contributed by atoms with E-state index in [1.807, 2.05) is 24.9 Å². The molecule has 0 aliphatic heterocycles. The summed E-state index contributed by atoms with van der Waals surface area (Å²) in [5.41, 5.74) is 1.58. The lowest BCUT2D eigenvalue weighted by molar-refractivity contribution is -0.355. The summed E-state index contributed by atoms with van der Waals surface area (Å²) in [7, 11) is 1.86. The van der Waals surface area contributed by atoms with Gasteiger partial charge in [-0.1, -0.05) is 32.3 Å². The largest absolute Gasteiger partial charge is 0.508 e. The number of aliphatic hydroxyl groups is 1. The van der Waals surface area contributed by atoms with E-state index in [0.717, 1.165) is 56.2 Å². The average Bonchev–Trinajstić information content (AvgIpc) is 3.20. The number of alkyl halides is 8. The second-order valence-corrected chi connectivity index (χ2v) is 13.6. The molecule has 7 atom stereocenters. The summed E-state index contributed by atoms with van der Waals surface area (Å²) in [6.45, 7) is 3.30. The van der Waals surface area contributed by atoms with E-state index in [1.54, 1.807) is 12.1 Å². The Morgan fingerprint density at radius 2 is 1.58 bits per heavy atom. The summed E-state index contributed by atoms with van der Waals surface area (Å²) in [6, 6.07) is 5.28. The Balaban J connectivity index is 1.23. The van der Waals surface area contributed by atoms with Crippen molar-refractivity contribution >= 4 is 0 Å². The van der Waals surface area contributed by atoms with E-state index < -0.39 is 48.6 Å².